The smallest absolute Gasteiger partial charge is 0.266 e. The number of rotatable bonds is 5. The second-order valence-corrected chi connectivity index (χ2v) is 5.52. The van der Waals surface area contributed by atoms with Crippen LogP contribution in [0.4, 0.5) is 5.13 Å². The fourth-order valence-corrected chi connectivity index (χ4v) is 2.40. The number of Topliss-reactive ketones (excluding diaryl/α,β-unsaturated/α-hetero) is 1. The minimum atomic E-state index is -0.656. The highest BCUT2D eigenvalue weighted by Crippen LogP contribution is 2.18. The first-order chi connectivity index (χ1) is 9.95. The molecule has 1 atom stereocenters. The number of benzene rings is 1. The Morgan fingerprint density at radius 3 is 2.76 bits per heavy atom. The summed E-state index contributed by atoms with van der Waals surface area (Å²) >= 11 is 1.21. The summed E-state index contributed by atoms with van der Waals surface area (Å²) in [6.07, 6.45) is -0.656. The van der Waals surface area contributed by atoms with Gasteiger partial charge in [0, 0.05) is 12.3 Å². The van der Waals surface area contributed by atoms with Gasteiger partial charge in [0.2, 0.25) is 0 Å². The molecule has 1 aromatic carbocycles. The molecule has 0 aliphatic rings. The summed E-state index contributed by atoms with van der Waals surface area (Å²) in [6.45, 7) is 5.05. The standard InChI is InChI=1S/C15H16N2O3S/c1-9-5-4-6-12(7-9)20-11(3)14(19)17-15-16-13(8-21-15)10(2)18/h4-8,11H,1-3H3,(H,16,17,19). The highest BCUT2D eigenvalue weighted by molar-refractivity contribution is 7.14. The van der Waals surface area contributed by atoms with Crippen molar-refractivity contribution in [3.63, 3.8) is 0 Å². The van der Waals surface area contributed by atoms with Gasteiger partial charge in [-0.3, -0.25) is 14.9 Å². The van der Waals surface area contributed by atoms with E-state index >= 15 is 0 Å². The van der Waals surface area contributed by atoms with E-state index in [1.807, 2.05) is 25.1 Å². The third kappa shape index (κ3) is 4.13. The number of hydrogen-bond acceptors (Lipinski definition) is 5. The van der Waals surface area contributed by atoms with Gasteiger partial charge in [0.1, 0.15) is 11.4 Å². The van der Waals surface area contributed by atoms with Gasteiger partial charge in [0.05, 0.1) is 0 Å². The number of hydrogen-bond donors (Lipinski definition) is 1. The minimum absolute atomic E-state index is 0.129. The van der Waals surface area contributed by atoms with Crippen LogP contribution in [0.25, 0.3) is 0 Å². The van der Waals surface area contributed by atoms with Gasteiger partial charge >= 0.3 is 0 Å². The van der Waals surface area contributed by atoms with Crippen molar-refractivity contribution in [2.45, 2.75) is 26.9 Å². The van der Waals surface area contributed by atoms with Gasteiger partial charge in [-0.1, -0.05) is 12.1 Å². The Bertz CT molecular complexity index is 666. The normalized spacial score (nSPS) is 11.8. The van der Waals surface area contributed by atoms with Crippen LogP contribution in [0, 0.1) is 6.92 Å². The number of nitrogens with zero attached hydrogens (tertiary/aromatic N) is 1. The Kier molecular flexibility index (Phi) is 4.70. The number of ether oxygens (including phenoxy) is 1. The molecule has 2 aromatic rings. The number of anilines is 1. The van der Waals surface area contributed by atoms with Gasteiger partial charge in [-0.05, 0) is 31.5 Å². The number of amides is 1. The molecule has 1 aromatic heterocycles. The summed E-state index contributed by atoms with van der Waals surface area (Å²) in [5.41, 5.74) is 1.41. The SMILES string of the molecule is CC(=O)c1csc(NC(=O)C(C)Oc2cccc(C)c2)n1. The van der Waals surface area contributed by atoms with E-state index in [-0.39, 0.29) is 11.7 Å². The van der Waals surface area contributed by atoms with E-state index < -0.39 is 6.10 Å². The first kappa shape index (κ1) is 15.2. The first-order valence-corrected chi connectivity index (χ1v) is 7.34. The van der Waals surface area contributed by atoms with Gasteiger partial charge in [0.15, 0.2) is 17.0 Å². The average molecular weight is 304 g/mol. The fraction of sp³-hybridized carbons (Fsp3) is 0.267. The maximum absolute atomic E-state index is 12.0. The zero-order chi connectivity index (χ0) is 15.4. The molecule has 1 N–H and O–H groups in total. The van der Waals surface area contributed by atoms with Crippen LogP contribution < -0.4 is 10.1 Å². The lowest BCUT2D eigenvalue weighted by molar-refractivity contribution is -0.122. The van der Waals surface area contributed by atoms with Gasteiger partial charge in [-0.2, -0.15) is 0 Å². The topological polar surface area (TPSA) is 68.3 Å². The van der Waals surface area contributed by atoms with Crippen LogP contribution in [-0.2, 0) is 4.79 Å². The molecule has 0 bridgehead atoms. The zero-order valence-electron chi connectivity index (χ0n) is 12.0. The Balaban J connectivity index is 1.97. The lowest BCUT2D eigenvalue weighted by Crippen LogP contribution is -2.30. The molecular weight excluding hydrogens is 288 g/mol. The van der Waals surface area contributed by atoms with Crippen LogP contribution in [0.15, 0.2) is 29.6 Å². The van der Waals surface area contributed by atoms with Crippen molar-refractivity contribution in [1.82, 2.24) is 4.98 Å². The molecule has 0 aliphatic carbocycles. The van der Waals surface area contributed by atoms with Gasteiger partial charge < -0.3 is 4.74 Å². The van der Waals surface area contributed by atoms with E-state index in [9.17, 15) is 9.59 Å². The summed E-state index contributed by atoms with van der Waals surface area (Å²) < 4.78 is 5.58. The van der Waals surface area contributed by atoms with Crippen LogP contribution >= 0.6 is 11.3 Å². The predicted octanol–water partition coefficient (Wildman–Crippen LogP) is 3.06. The number of nitrogens with one attached hydrogen (secondary N) is 1. The molecule has 0 spiro atoms. The Morgan fingerprint density at radius 2 is 2.14 bits per heavy atom. The number of thiazole rings is 1. The summed E-state index contributed by atoms with van der Waals surface area (Å²) in [7, 11) is 0. The lowest BCUT2D eigenvalue weighted by atomic mass is 10.2. The summed E-state index contributed by atoms with van der Waals surface area (Å²) in [4.78, 5) is 27.2. The van der Waals surface area contributed by atoms with Crippen molar-refractivity contribution in [1.29, 1.82) is 0 Å². The number of carbonyl (C=O) groups is 2. The number of aromatic nitrogens is 1. The fourth-order valence-electron chi connectivity index (χ4n) is 1.65. The van der Waals surface area contributed by atoms with E-state index in [0.717, 1.165) is 5.56 Å². The molecule has 1 amide bonds. The second kappa shape index (κ2) is 6.49. The van der Waals surface area contributed by atoms with Crippen molar-refractivity contribution in [2.24, 2.45) is 0 Å². The summed E-state index contributed by atoms with van der Waals surface area (Å²) in [5.74, 6) is 0.206. The molecule has 1 heterocycles. The molecule has 110 valence electrons. The van der Waals surface area contributed by atoms with E-state index in [2.05, 4.69) is 10.3 Å². The molecule has 1 unspecified atom stereocenters. The number of carbonyl (C=O) groups excluding carboxylic acids is 2. The molecule has 0 aliphatic heterocycles. The van der Waals surface area contributed by atoms with Crippen molar-refractivity contribution in [3.8, 4) is 5.75 Å². The van der Waals surface area contributed by atoms with E-state index in [1.165, 1.54) is 18.3 Å². The quantitative estimate of drug-likeness (QED) is 0.862. The predicted molar refractivity (Wildman–Crippen MR) is 82.0 cm³/mol. The van der Waals surface area contributed by atoms with Crippen molar-refractivity contribution >= 4 is 28.2 Å². The number of ketones is 1. The molecule has 6 heteroatoms. The molecule has 5 nitrogen and oxygen atoms in total. The third-order valence-corrected chi connectivity index (χ3v) is 3.52. The molecular formula is C15H16N2O3S. The Hall–Kier alpha value is -2.21. The molecule has 2 rings (SSSR count). The van der Waals surface area contributed by atoms with Crippen LogP contribution in [-0.4, -0.2) is 22.8 Å². The molecule has 0 saturated heterocycles. The van der Waals surface area contributed by atoms with Crippen molar-refractivity contribution < 1.29 is 14.3 Å². The van der Waals surface area contributed by atoms with Crippen molar-refractivity contribution in [3.05, 3.63) is 40.9 Å². The lowest BCUT2D eigenvalue weighted by Gasteiger charge is -2.13. The largest absolute Gasteiger partial charge is 0.481 e. The number of aryl methyl sites for hydroxylation is 1. The van der Waals surface area contributed by atoms with Crippen LogP contribution in [0.1, 0.15) is 29.9 Å². The molecule has 0 radical (unpaired) electrons. The van der Waals surface area contributed by atoms with Crippen LogP contribution in [0.5, 0.6) is 5.75 Å². The minimum Gasteiger partial charge on any atom is -0.481 e. The average Bonchev–Trinajstić information content (AvgIpc) is 2.87. The van der Waals surface area contributed by atoms with Gasteiger partial charge in [0.25, 0.3) is 5.91 Å². The van der Waals surface area contributed by atoms with E-state index in [4.69, 9.17) is 4.74 Å². The van der Waals surface area contributed by atoms with Crippen molar-refractivity contribution in [2.75, 3.05) is 5.32 Å². The highest BCUT2D eigenvalue weighted by atomic mass is 32.1. The van der Waals surface area contributed by atoms with Gasteiger partial charge in [-0.25, -0.2) is 4.98 Å². The molecule has 21 heavy (non-hydrogen) atoms. The summed E-state index contributed by atoms with van der Waals surface area (Å²) in [5, 5.41) is 4.65. The maximum Gasteiger partial charge on any atom is 0.266 e. The second-order valence-electron chi connectivity index (χ2n) is 4.66. The Morgan fingerprint density at radius 1 is 1.38 bits per heavy atom. The van der Waals surface area contributed by atoms with Crippen LogP contribution in [0.3, 0.4) is 0 Å². The maximum atomic E-state index is 12.0. The third-order valence-electron chi connectivity index (χ3n) is 2.77. The molecule has 0 fully saturated rings. The van der Waals surface area contributed by atoms with E-state index in [1.54, 1.807) is 18.4 Å². The summed E-state index contributed by atoms with van der Waals surface area (Å²) in [6, 6.07) is 7.49. The Labute approximate surface area is 127 Å². The monoisotopic (exact) mass is 304 g/mol. The van der Waals surface area contributed by atoms with Gasteiger partial charge in [-0.15, -0.1) is 11.3 Å². The van der Waals surface area contributed by atoms with E-state index in [0.29, 0.717) is 16.6 Å². The first-order valence-electron chi connectivity index (χ1n) is 6.46. The highest BCUT2D eigenvalue weighted by Gasteiger charge is 2.17. The zero-order valence-corrected chi connectivity index (χ0v) is 12.9. The van der Waals surface area contributed by atoms with Crippen LogP contribution in [0.2, 0.25) is 0 Å². The molecule has 0 saturated carbocycles.